The van der Waals surface area contributed by atoms with Crippen molar-refractivity contribution in [2.24, 2.45) is 11.3 Å². The van der Waals surface area contributed by atoms with Crippen molar-refractivity contribution in [1.82, 2.24) is 20.8 Å². The lowest BCUT2D eigenvalue weighted by molar-refractivity contribution is -0.0839. The molecule has 6 nitrogen and oxygen atoms in total. The lowest BCUT2D eigenvalue weighted by Gasteiger charge is -2.40. The Morgan fingerprint density at radius 1 is 1.43 bits per heavy atom. The van der Waals surface area contributed by atoms with Crippen LogP contribution in [0.3, 0.4) is 0 Å². The molecule has 6 heteroatoms. The molecule has 1 fully saturated rings. The zero-order valence-electron chi connectivity index (χ0n) is 14.4. The molecule has 1 aromatic heterocycles. The molecule has 0 aromatic carbocycles. The van der Waals surface area contributed by atoms with Gasteiger partial charge in [0.2, 0.25) is 0 Å². The zero-order chi connectivity index (χ0) is 16.4. The Hall–Kier alpha value is -1.40. The van der Waals surface area contributed by atoms with E-state index < -0.39 is 0 Å². The maximum absolute atomic E-state index is 12.5. The van der Waals surface area contributed by atoms with Gasteiger partial charge in [0.05, 0.1) is 6.10 Å². The van der Waals surface area contributed by atoms with Crippen molar-refractivity contribution in [2.45, 2.75) is 52.7 Å². The highest BCUT2D eigenvalue weighted by molar-refractivity contribution is 5.94. The van der Waals surface area contributed by atoms with Crippen LogP contribution in [0.2, 0.25) is 0 Å². The van der Waals surface area contributed by atoms with Crippen LogP contribution in [0.1, 0.15) is 55.4 Å². The average Bonchev–Trinajstić information content (AvgIpc) is 2.96. The molecule has 1 saturated heterocycles. The minimum absolute atomic E-state index is 0.0792. The molecule has 0 spiro atoms. The van der Waals surface area contributed by atoms with Crippen LogP contribution < -0.4 is 10.6 Å². The van der Waals surface area contributed by atoms with E-state index in [9.17, 15) is 4.79 Å². The quantitative estimate of drug-likeness (QED) is 0.791. The molecule has 2 aliphatic heterocycles. The highest BCUT2D eigenvalue weighted by Crippen LogP contribution is 2.33. The molecule has 23 heavy (non-hydrogen) atoms. The number of H-pyrrole nitrogens is 1. The predicted octanol–water partition coefficient (Wildman–Crippen LogP) is 1.63. The van der Waals surface area contributed by atoms with E-state index in [0.29, 0.717) is 24.7 Å². The van der Waals surface area contributed by atoms with E-state index in [1.807, 2.05) is 0 Å². The maximum Gasteiger partial charge on any atom is 0.272 e. The third kappa shape index (κ3) is 3.58. The first-order chi connectivity index (χ1) is 11.0. The van der Waals surface area contributed by atoms with Gasteiger partial charge >= 0.3 is 0 Å². The first-order valence-corrected chi connectivity index (χ1v) is 8.63. The Labute approximate surface area is 137 Å². The molecule has 2 aliphatic rings. The van der Waals surface area contributed by atoms with E-state index >= 15 is 0 Å². The van der Waals surface area contributed by atoms with Crippen LogP contribution in [0.5, 0.6) is 0 Å². The van der Waals surface area contributed by atoms with Gasteiger partial charge in [0.1, 0.15) is 0 Å². The van der Waals surface area contributed by atoms with Crippen molar-refractivity contribution < 1.29 is 9.53 Å². The normalized spacial score (nSPS) is 25.0. The second-order valence-electron chi connectivity index (χ2n) is 7.73. The first kappa shape index (κ1) is 16.5. The maximum atomic E-state index is 12.5. The fraction of sp³-hybridized carbons (Fsp3) is 0.765. The van der Waals surface area contributed by atoms with E-state index in [-0.39, 0.29) is 17.4 Å². The smallest absolute Gasteiger partial charge is 0.272 e. The molecule has 0 saturated carbocycles. The van der Waals surface area contributed by atoms with Crippen molar-refractivity contribution >= 4 is 5.91 Å². The number of hydrogen-bond acceptors (Lipinski definition) is 4. The van der Waals surface area contributed by atoms with Crippen LogP contribution in [0.4, 0.5) is 0 Å². The van der Waals surface area contributed by atoms with Crippen LogP contribution >= 0.6 is 0 Å². The summed E-state index contributed by atoms with van der Waals surface area (Å²) in [5.74, 6) is 0.282. The molecule has 2 unspecified atom stereocenters. The summed E-state index contributed by atoms with van der Waals surface area (Å²) in [6, 6.07) is 0. The highest BCUT2D eigenvalue weighted by Gasteiger charge is 2.35. The fourth-order valence-electron chi connectivity index (χ4n) is 3.73. The lowest BCUT2D eigenvalue weighted by atomic mass is 9.78. The molecule has 0 aliphatic carbocycles. The summed E-state index contributed by atoms with van der Waals surface area (Å²) in [4.78, 5) is 12.5. The molecular weight excluding hydrogens is 292 g/mol. The van der Waals surface area contributed by atoms with Gasteiger partial charge in [-0.15, -0.1) is 0 Å². The van der Waals surface area contributed by atoms with E-state index in [0.717, 1.165) is 43.7 Å². The molecule has 2 atom stereocenters. The summed E-state index contributed by atoms with van der Waals surface area (Å²) in [7, 11) is 0. The van der Waals surface area contributed by atoms with Crippen molar-refractivity contribution in [3.63, 3.8) is 0 Å². The third-order valence-electron chi connectivity index (χ3n) is 4.84. The zero-order valence-corrected chi connectivity index (χ0v) is 14.4. The lowest BCUT2D eigenvalue weighted by Crippen LogP contribution is -2.45. The Morgan fingerprint density at radius 3 is 3.04 bits per heavy atom. The summed E-state index contributed by atoms with van der Waals surface area (Å²) >= 11 is 0. The number of hydrogen-bond donors (Lipinski definition) is 3. The van der Waals surface area contributed by atoms with Crippen LogP contribution in [-0.4, -0.2) is 41.9 Å². The van der Waals surface area contributed by atoms with Gasteiger partial charge in [-0.25, -0.2) is 0 Å². The molecule has 3 rings (SSSR count). The van der Waals surface area contributed by atoms with Crippen molar-refractivity contribution in [3.05, 3.63) is 17.0 Å². The molecule has 3 N–H and O–H groups in total. The van der Waals surface area contributed by atoms with Crippen LogP contribution in [0.25, 0.3) is 0 Å². The van der Waals surface area contributed by atoms with Gasteiger partial charge in [-0.05, 0) is 18.3 Å². The Balaban J connectivity index is 1.63. The van der Waals surface area contributed by atoms with Gasteiger partial charge in [-0.1, -0.05) is 20.8 Å². The summed E-state index contributed by atoms with van der Waals surface area (Å²) < 4.78 is 5.99. The second-order valence-corrected chi connectivity index (χ2v) is 7.73. The van der Waals surface area contributed by atoms with Gasteiger partial charge in [0.25, 0.3) is 5.91 Å². The first-order valence-electron chi connectivity index (χ1n) is 8.63. The number of carbonyl (C=O) groups is 1. The number of ether oxygens (including phenoxy) is 1. The summed E-state index contributed by atoms with van der Waals surface area (Å²) in [5, 5.41) is 13.6. The van der Waals surface area contributed by atoms with Gasteiger partial charge in [0, 0.05) is 49.8 Å². The van der Waals surface area contributed by atoms with Gasteiger partial charge < -0.3 is 15.4 Å². The topological polar surface area (TPSA) is 79.0 Å². The molecule has 3 heterocycles. The minimum atomic E-state index is -0.0792. The summed E-state index contributed by atoms with van der Waals surface area (Å²) in [6.07, 6.45) is 3.25. The van der Waals surface area contributed by atoms with Crippen molar-refractivity contribution in [1.29, 1.82) is 0 Å². The number of nitrogens with one attached hydrogen (secondary N) is 3. The number of amides is 1. The number of aromatic amines is 1. The number of aromatic nitrogens is 2. The monoisotopic (exact) mass is 320 g/mol. The summed E-state index contributed by atoms with van der Waals surface area (Å²) in [6.45, 7) is 9.73. The van der Waals surface area contributed by atoms with E-state index in [4.69, 9.17) is 4.74 Å². The molecule has 1 amide bonds. The van der Waals surface area contributed by atoms with Crippen LogP contribution in [-0.2, 0) is 17.7 Å². The van der Waals surface area contributed by atoms with Crippen LogP contribution in [0, 0.1) is 11.3 Å². The van der Waals surface area contributed by atoms with Crippen molar-refractivity contribution in [3.8, 4) is 0 Å². The number of nitrogens with zero attached hydrogens (tertiary/aromatic N) is 1. The molecule has 0 bridgehead atoms. The number of rotatable bonds is 3. The van der Waals surface area contributed by atoms with Gasteiger partial charge in [-0.2, -0.15) is 5.10 Å². The molecule has 1 aromatic rings. The van der Waals surface area contributed by atoms with E-state index in [2.05, 4.69) is 41.6 Å². The van der Waals surface area contributed by atoms with E-state index in [1.165, 1.54) is 0 Å². The minimum Gasteiger partial charge on any atom is -0.377 e. The predicted molar refractivity (Wildman–Crippen MR) is 88.3 cm³/mol. The fourth-order valence-corrected chi connectivity index (χ4v) is 3.73. The van der Waals surface area contributed by atoms with Crippen molar-refractivity contribution in [2.75, 3.05) is 19.7 Å². The highest BCUT2D eigenvalue weighted by atomic mass is 16.5. The molecular formula is C17H28N4O2. The number of carbonyl (C=O) groups excluding carboxylic acids is 1. The largest absolute Gasteiger partial charge is 0.377 e. The SMILES string of the molecule is CC(C)(C)C1OCCCC1CNC(=O)c1n[nH]c2c1CNCC2. The average molecular weight is 320 g/mol. The Bertz CT molecular complexity index is 561. The Kier molecular flexibility index (Phi) is 4.73. The second kappa shape index (κ2) is 6.61. The van der Waals surface area contributed by atoms with Gasteiger partial charge in [0.15, 0.2) is 5.69 Å². The van der Waals surface area contributed by atoms with Gasteiger partial charge in [-0.3, -0.25) is 9.89 Å². The molecule has 0 radical (unpaired) electrons. The summed E-state index contributed by atoms with van der Waals surface area (Å²) in [5.41, 5.74) is 2.73. The number of fused-ring (bicyclic) bond motifs is 1. The Morgan fingerprint density at radius 2 is 2.26 bits per heavy atom. The molecule has 128 valence electrons. The van der Waals surface area contributed by atoms with Crippen LogP contribution in [0.15, 0.2) is 0 Å². The standard InChI is InChI=1S/C17H28N4O2/c1-17(2,3)15-11(5-4-8-23-15)9-19-16(22)14-12-10-18-7-6-13(12)20-21-14/h11,15,18H,4-10H2,1-3H3,(H,19,22)(H,20,21). The third-order valence-corrected chi connectivity index (χ3v) is 4.84. The van der Waals surface area contributed by atoms with E-state index in [1.54, 1.807) is 0 Å².